The molecule has 2 heterocycles. The van der Waals surface area contributed by atoms with Gasteiger partial charge in [-0.2, -0.15) is 13.2 Å². The van der Waals surface area contributed by atoms with Crippen molar-refractivity contribution in [2.75, 3.05) is 18.0 Å². The Kier molecular flexibility index (Phi) is 4.14. The van der Waals surface area contributed by atoms with Gasteiger partial charge in [-0.1, -0.05) is 23.2 Å². The van der Waals surface area contributed by atoms with Crippen LogP contribution in [0.4, 0.5) is 18.9 Å². The van der Waals surface area contributed by atoms with Gasteiger partial charge in [0.05, 0.1) is 10.5 Å². The first-order valence-corrected chi connectivity index (χ1v) is 7.65. The molecule has 0 N–H and O–H groups in total. The van der Waals surface area contributed by atoms with Crippen LogP contribution in [0.25, 0.3) is 10.9 Å². The van der Waals surface area contributed by atoms with Gasteiger partial charge in [-0.25, -0.2) is 4.98 Å². The van der Waals surface area contributed by atoms with Crippen LogP contribution in [0.1, 0.15) is 18.5 Å². The van der Waals surface area contributed by atoms with Crippen molar-refractivity contribution in [1.29, 1.82) is 0 Å². The number of nitrogens with zero attached hydrogens (tertiary/aromatic N) is 2. The highest BCUT2D eigenvalue weighted by molar-refractivity contribution is 6.39. The molecule has 1 aliphatic heterocycles. The number of carbonyl (C=O) groups is 1. The summed E-state index contributed by atoms with van der Waals surface area (Å²) in [6.45, 7) is 0.711. The van der Waals surface area contributed by atoms with Crippen LogP contribution in [0.2, 0.25) is 10.0 Å². The van der Waals surface area contributed by atoms with Crippen molar-refractivity contribution in [3.8, 4) is 0 Å². The largest absolute Gasteiger partial charge is 0.433 e. The molecule has 1 aliphatic rings. The van der Waals surface area contributed by atoms with Gasteiger partial charge in [0.1, 0.15) is 11.5 Å². The summed E-state index contributed by atoms with van der Waals surface area (Å²) in [6.07, 6.45) is -3.98. The molecule has 1 aromatic carbocycles. The average molecular weight is 363 g/mol. The zero-order valence-corrected chi connectivity index (χ0v) is 13.3. The van der Waals surface area contributed by atoms with Gasteiger partial charge in [0, 0.05) is 42.0 Å². The van der Waals surface area contributed by atoms with Gasteiger partial charge in [-0.05, 0) is 18.2 Å². The second-order valence-electron chi connectivity index (χ2n) is 5.33. The summed E-state index contributed by atoms with van der Waals surface area (Å²) in [6, 6.07) is 3.81. The lowest BCUT2D eigenvalue weighted by atomic mass is 10.1. The van der Waals surface area contributed by atoms with Crippen LogP contribution in [-0.4, -0.2) is 23.9 Å². The number of carbonyl (C=O) groups excluding carboxylic acids is 1. The summed E-state index contributed by atoms with van der Waals surface area (Å²) < 4.78 is 39.4. The molecule has 2 aromatic rings. The first kappa shape index (κ1) is 16.3. The van der Waals surface area contributed by atoms with E-state index in [0.717, 1.165) is 6.07 Å². The molecule has 1 fully saturated rings. The van der Waals surface area contributed by atoms with Crippen molar-refractivity contribution >= 4 is 45.6 Å². The standard InChI is InChI=1S/C15H11Cl2F3N2O/c16-8-5-10(17)14-11(6-8)21-13(15(18,19)20)7-12(14)22-3-1-9(23)2-4-22/h5-7H,1-4H2. The SMILES string of the molecule is O=C1CCN(c2cc(C(F)(F)F)nc3cc(Cl)cc(Cl)c23)CC1. The molecule has 23 heavy (non-hydrogen) atoms. The molecule has 0 atom stereocenters. The lowest BCUT2D eigenvalue weighted by molar-refractivity contribution is -0.141. The summed E-state index contributed by atoms with van der Waals surface area (Å²) in [5.41, 5.74) is -0.587. The van der Waals surface area contributed by atoms with Gasteiger partial charge in [-0.3, -0.25) is 4.79 Å². The van der Waals surface area contributed by atoms with Gasteiger partial charge >= 0.3 is 6.18 Å². The van der Waals surface area contributed by atoms with E-state index in [9.17, 15) is 18.0 Å². The van der Waals surface area contributed by atoms with Crippen molar-refractivity contribution in [1.82, 2.24) is 4.98 Å². The summed E-state index contributed by atoms with van der Waals surface area (Å²) >= 11 is 12.1. The Morgan fingerprint density at radius 2 is 1.74 bits per heavy atom. The fraction of sp³-hybridized carbons (Fsp3) is 0.333. The predicted octanol–water partition coefficient (Wildman–Crippen LogP) is 4.73. The number of benzene rings is 1. The lowest BCUT2D eigenvalue weighted by Gasteiger charge is -2.30. The zero-order chi connectivity index (χ0) is 16.8. The number of Topliss-reactive ketones (excluding diaryl/α,β-unsaturated/α-hetero) is 1. The van der Waals surface area contributed by atoms with Crippen molar-refractivity contribution < 1.29 is 18.0 Å². The molecule has 0 saturated carbocycles. The predicted molar refractivity (Wildman–Crippen MR) is 83.2 cm³/mol. The first-order valence-electron chi connectivity index (χ1n) is 6.89. The van der Waals surface area contributed by atoms with Crippen LogP contribution < -0.4 is 4.90 Å². The topological polar surface area (TPSA) is 33.2 Å². The second-order valence-corrected chi connectivity index (χ2v) is 6.18. The summed E-state index contributed by atoms with van der Waals surface area (Å²) in [4.78, 5) is 16.8. The van der Waals surface area contributed by atoms with Crippen molar-refractivity contribution in [2.45, 2.75) is 19.0 Å². The van der Waals surface area contributed by atoms with Crippen LogP contribution in [0.5, 0.6) is 0 Å². The Balaban J connectivity index is 2.23. The van der Waals surface area contributed by atoms with E-state index in [1.54, 1.807) is 4.90 Å². The van der Waals surface area contributed by atoms with Gasteiger partial charge in [-0.15, -0.1) is 0 Å². The third kappa shape index (κ3) is 3.23. The molecule has 8 heteroatoms. The maximum atomic E-state index is 13.1. The summed E-state index contributed by atoms with van der Waals surface area (Å²) in [5, 5.41) is 0.869. The van der Waals surface area contributed by atoms with Crippen LogP contribution in [0.15, 0.2) is 18.2 Å². The molecule has 3 nitrogen and oxygen atoms in total. The number of hydrogen-bond acceptors (Lipinski definition) is 3. The Morgan fingerprint density at radius 1 is 1.09 bits per heavy atom. The molecule has 3 rings (SSSR count). The molecule has 0 aliphatic carbocycles. The van der Waals surface area contributed by atoms with Gasteiger partial charge in [0.2, 0.25) is 0 Å². The number of alkyl halides is 3. The Bertz CT molecular complexity index is 782. The van der Waals surface area contributed by atoms with E-state index in [-0.39, 0.29) is 21.3 Å². The highest BCUT2D eigenvalue weighted by atomic mass is 35.5. The van der Waals surface area contributed by atoms with Gasteiger partial charge in [0.25, 0.3) is 0 Å². The van der Waals surface area contributed by atoms with Crippen LogP contribution in [0.3, 0.4) is 0 Å². The molecule has 0 amide bonds. The van der Waals surface area contributed by atoms with E-state index in [2.05, 4.69) is 4.98 Å². The van der Waals surface area contributed by atoms with Crippen LogP contribution >= 0.6 is 23.2 Å². The first-order chi connectivity index (χ1) is 10.8. The van der Waals surface area contributed by atoms with Crippen molar-refractivity contribution in [3.63, 3.8) is 0 Å². The smallest absolute Gasteiger partial charge is 0.370 e. The fourth-order valence-electron chi connectivity index (χ4n) is 2.66. The van der Waals surface area contributed by atoms with Crippen molar-refractivity contribution in [3.05, 3.63) is 33.9 Å². The maximum absolute atomic E-state index is 13.1. The number of rotatable bonds is 1. The van der Waals surface area contributed by atoms with E-state index in [4.69, 9.17) is 23.2 Å². The number of anilines is 1. The minimum atomic E-state index is -4.58. The minimum Gasteiger partial charge on any atom is -0.370 e. The molecule has 0 spiro atoms. The molecular formula is C15H11Cl2F3N2O. The van der Waals surface area contributed by atoms with Crippen LogP contribution in [-0.2, 0) is 11.0 Å². The van der Waals surface area contributed by atoms with Gasteiger partial charge < -0.3 is 4.90 Å². The number of aromatic nitrogens is 1. The molecule has 1 saturated heterocycles. The monoisotopic (exact) mass is 362 g/mol. The minimum absolute atomic E-state index is 0.0872. The van der Waals surface area contributed by atoms with E-state index < -0.39 is 11.9 Å². The number of ketones is 1. The van der Waals surface area contributed by atoms with Gasteiger partial charge in [0.15, 0.2) is 0 Å². The quantitative estimate of drug-likeness (QED) is 0.735. The van der Waals surface area contributed by atoms with E-state index >= 15 is 0 Å². The lowest BCUT2D eigenvalue weighted by Crippen LogP contribution is -2.34. The molecule has 0 radical (unpaired) electrons. The molecule has 122 valence electrons. The summed E-state index contributed by atoms with van der Waals surface area (Å²) in [5.74, 6) is 0.102. The Hall–Kier alpha value is -1.53. The Labute approximate surface area is 140 Å². The van der Waals surface area contributed by atoms with Crippen LogP contribution in [0, 0.1) is 0 Å². The highest BCUT2D eigenvalue weighted by Gasteiger charge is 2.34. The number of pyridine rings is 1. The number of fused-ring (bicyclic) bond motifs is 1. The zero-order valence-electron chi connectivity index (χ0n) is 11.8. The Morgan fingerprint density at radius 3 is 2.35 bits per heavy atom. The second kappa shape index (κ2) is 5.83. The van der Waals surface area contributed by atoms with Crippen molar-refractivity contribution in [2.24, 2.45) is 0 Å². The number of hydrogen-bond donors (Lipinski definition) is 0. The van der Waals surface area contributed by atoms with E-state index in [0.29, 0.717) is 37.0 Å². The number of halogens is 5. The summed E-state index contributed by atoms with van der Waals surface area (Å²) in [7, 11) is 0. The molecule has 0 unspecified atom stereocenters. The number of piperidine rings is 1. The highest BCUT2D eigenvalue weighted by Crippen LogP contribution is 2.39. The third-order valence-corrected chi connectivity index (χ3v) is 4.27. The third-order valence-electron chi connectivity index (χ3n) is 3.76. The molecule has 1 aromatic heterocycles. The van der Waals surface area contributed by atoms with E-state index in [1.807, 2.05) is 0 Å². The average Bonchev–Trinajstić information content (AvgIpc) is 2.45. The molecular weight excluding hydrogens is 352 g/mol. The van der Waals surface area contributed by atoms with E-state index in [1.165, 1.54) is 12.1 Å². The molecule has 0 bridgehead atoms. The fourth-order valence-corrected chi connectivity index (χ4v) is 3.24. The normalized spacial score (nSPS) is 16.2. The maximum Gasteiger partial charge on any atom is 0.433 e.